The summed E-state index contributed by atoms with van der Waals surface area (Å²) in [5, 5.41) is 0. The highest BCUT2D eigenvalue weighted by Gasteiger charge is 2.33. The minimum absolute atomic E-state index is 0.115. The summed E-state index contributed by atoms with van der Waals surface area (Å²) in [4.78, 5) is 0.315. The lowest BCUT2D eigenvalue weighted by atomic mass is 9.71. The molecule has 0 atom stereocenters. The maximum atomic E-state index is 12.5. The molecule has 1 fully saturated rings. The number of nitrogens with one attached hydrogen (secondary N) is 1. The van der Waals surface area contributed by atoms with Gasteiger partial charge < -0.3 is 5.73 Å². The van der Waals surface area contributed by atoms with Crippen LogP contribution < -0.4 is 10.5 Å². The smallest absolute Gasteiger partial charge is 0.240 e. The molecule has 0 saturated heterocycles. The van der Waals surface area contributed by atoms with E-state index in [1.54, 1.807) is 13.0 Å². The van der Waals surface area contributed by atoms with Crippen LogP contribution >= 0.6 is 15.9 Å². The maximum absolute atomic E-state index is 12.5. The Bertz CT molecular complexity index is 610. The van der Waals surface area contributed by atoms with Crippen LogP contribution in [-0.2, 0) is 16.6 Å². The van der Waals surface area contributed by atoms with E-state index in [-0.39, 0.29) is 5.41 Å². The number of nitrogens with two attached hydrogens (primary N) is 1. The summed E-state index contributed by atoms with van der Waals surface area (Å²) in [6.07, 6.45) is 3.35. The molecular weight excluding hydrogens is 340 g/mol. The molecule has 4 nitrogen and oxygen atoms in total. The van der Waals surface area contributed by atoms with Gasteiger partial charge in [0.2, 0.25) is 10.0 Å². The lowest BCUT2D eigenvalue weighted by Gasteiger charge is -2.38. The molecule has 0 heterocycles. The quantitative estimate of drug-likeness (QED) is 0.847. The standard InChI is InChI=1S/C14H21BrN2O2S/c1-10-12(15)6-11(8-16)7-13(10)20(18,19)17-9-14(2)4-3-5-14/h6-7,17H,3-5,8-9,16H2,1-2H3. The average Bonchev–Trinajstić information content (AvgIpc) is 2.37. The van der Waals surface area contributed by atoms with Crippen molar-refractivity contribution in [3.63, 3.8) is 0 Å². The number of benzene rings is 1. The molecule has 2 rings (SSSR count). The van der Waals surface area contributed by atoms with Gasteiger partial charge in [-0.05, 0) is 48.4 Å². The number of sulfonamides is 1. The van der Waals surface area contributed by atoms with Gasteiger partial charge in [0.25, 0.3) is 0 Å². The van der Waals surface area contributed by atoms with Crippen LogP contribution in [-0.4, -0.2) is 15.0 Å². The van der Waals surface area contributed by atoms with Gasteiger partial charge in [0.1, 0.15) is 0 Å². The number of halogens is 1. The zero-order valence-electron chi connectivity index (χ0n) is 11.9. The Hall–Kier alpha value is -0.430. The van der Waals surface area contributed by atoms with Crippen LogP contribution in [0.4, 0.5) is 0 Å². The zero-order chi connectivity index (χ0) is 15.0. The molecule has 1 aromatic carbocycles. The first-order valence-electron chi connectivity index (χ1n) is 6.76. The number of hydrogen-bond acceptors (Lipinski definition) is 3. The normalized spacial score (nSPS) is 17.8. The second-order valence-corrected chi connectivity index (χ2v) is 8.48. The highest BCUT2D eigenvalue weighted by atomic mass is 79.9. The number of rotatable bonds is 5. The van der Waals surface area contributed by atoms with Crippen LogP contribution in [0.15, 0.2) is 21.5 Å². The van der Waals surface area contributed by atoms with Crippen LogP contribution in [0.5, 0.6) is 0 Å². The summed E-state index contributed by atoms with van der Waals surface area (Å²) in [6, 6.07) is 3.52. The van der Waals surface area contributed by atoms with Gasteiger partial charge >= 0.3 is 0 Å². The van der Waals surface area contributed by atoms with E-state index in [9.17, 15) is 8.42 Å². The summed E-state index contributed by atoms with van der Waals surface area (Å²) >= 11 is 3.40. The maximum Gasteiger partial charge on any atom is 0.240 e. The highest BCUT2D eigenvalue weighted by Crippen LogP contribution is 2.39. The third-order valence-electron chi connectivity index (χ3n) is 4.13. The van der Waals surface area contributed by atoms with Crippen LogP contribution in [0.25, 0.3) is 0 Å². The monoisotopic (exact) mass is 360 g/mol. The van der Waals surface area contributed by atoms with Gasteiger partial charge in [-0.2, -0.15) is 0 Å². The van der Waals surface area contributed by atoms with Crippen molar-refractivity contribution in [2.75, 3.05) is 6.54 Å². The SMILES string of the molecule is Cc1c(Br)cc(CN)cc1S(=O)(=O)NCC1(C)CCC1. The predicted molar refractivity (Wildman–Crippen MR) is 83.9 cm³/mol. The van der Waals surface area contributed by atoms with Gasteiger partial charge in [0.05, 0.1) is 4.90 Å². The van der Waals surface area contributed by atoms with Crippen molar-refractivity contribution in [3.8, 4) is 0 Å². The van der Waals surface area contributed by atoms with Crippen molar-refractivity contribution in [2.24, 2.45) is 11.1 Å². The fraction of sp³-hybridized carbons (Fsp3) is 0.571. The molecule has 20 heavy (non-hydrogen) atoms. The highest BCUT2D eigenvalue weighted by molar-refractivity contribution is 9.10. The lowest BCUT2D eigenvalue weighted by molar-refractivity contribution is 0.166. The van der Waals surface area contributed by atoms with E-state index >= 15 is 0 Å². The zero-order valence-corrected chi connectivity index (χ0v) is 14.3. The molecule has 112 valence electrons. The van der Waals surface area contributed by atoms with Gasteiger partial charge in [0, 0.05) is 17.6 Å². The Morgan fingerprint density at radius 3 is 2.55 bits per heavy atom. The molecule has 0 unspecified atom stereocenters. The van der Waals surface area contributed by atoms with Gasteiger partial charge in [-0.25, -0.2) is 13.1 Å². The van der Waals surface area contributed by atoms with Crippen molar-refractivity contribution in [3.05, 3.63) is 27.7 Å². The van der Waals surface area contributed by atoms with Crippen LogP contribution in [0.2, 0.25) is 0 Å². The van der Waals surface area contributed by atoms with E-state index in [2.05, 4.69) is 27.6 Å². The largest absolute Gasteiger partial charge is 0.326 e. The molecule has 1 aromatic rings. The van der Waals surface area contributed by atoms with E-state index in [0.717, 1.165) is 22.9 Å². The fourth-order valence-electron chi connectivity index (χ4n) is 2.41. The van der Waals surface area contributed by atoms with E-state index in [1.807, 2.05) is 6.07 Å². The summed E-state index contributed by atoms with van der Waals surface area (Å²) in [7, 11) is -3.49. The molecule has 1 aliphatic rings. The summed E-state index contributed by atoms with van der Waals surface area (Å²) in [5.41, 5.74) is 7.25. The molecule has 0 aliphatic heterocycles. The molecule has 0 aromatic heterocycles. The van der Waals surface area contributed by atoms with Gasteiger partial charge in [-0.15, -0.1) is 0 Å². The molecule has 0 amide bonds. The van der Waals surface area contributed by atoms with Crippen LogP contribution in [0.3, 0.4) is 0 Å². The Morgan fingerprint density at radius 2 is 2.05 bits per heavy atom. The van der Waals surface area contributed by atoms with Crippen LogP contribution in [0, 0.1) is 12.3 Å². The second-order valence-electron chi connectivity index (χ2n) is 5.89. The Labute approximate surface area is 129 Å². The number of hydrogen-bond donors (Lipinski definition) is 2. The van der Waals surface area contributed by atoms with E-state index < -0.39 is 10.0 Å². The lowest BCUT2D eigenvalue weighted by Crippen LogP contribution is -2.40. The summed E-state index contributed by atoms with van der Waals surface area (Å²) in [6.45, 7) is 4.74. The molecule has 0 bridgehead atoms. The van der Waals surface area contributed by atoms with Crippen molar-refractivity contribution in [2.45, 2.75) is 44.6 Å². The summed E-state index contributed by atoms with van der Waals surface area (Å²) in [5.74, 6) is 0. The minimum Gasteiger partial charge on any atom is -0.326 e. The molecule has 6 heteroatoms. The predicted octanol–water partition coefficient (Wildman–Crippen LogP) is 2.68. The Morgan fingerprint density at radius 1 is 1.40 bits per heavy atom. The van der Waals surface area contributed by atoms with Crippen LogP contribution in [0.1, 0.15) is 37.3 Å². The van der Waals surface area contributed by atoms with E-state index in [4.69, 9.17) is 5.73 Å². The minimum atomic E-state index is -3.49. The van der Waals surface area contributed by atoms with E-state index in [0.29, 0.717) is 23.5 Å². The average molecular weight is 361 g/mol. The molecule has 1 aliphatic carbocycles. The molecule has 0 radical (unpaired) electrons. The molecule has 3 N–H and O–H groups in total. The molecular formula is C14H21BrN2O2S. The van der Waals surface area contributed by atoms with E-state index in [1.165, 1.54) is 6.42 Å². The Kier molecular flexibility index (Phi) is 4.59. The van der Waals surface area contributed by atoms with Gasteiger partial charge in [-0.3, -0.25) is 0 Å². The first-order chi connectivity index (χ1) is 9.27. The second kappa shape index (κ2) is 5.75. The van der Waals surface area contributed by atoms with Gasteiger partial charge in [0.15, 0.2) is 0 Å². The molecule has 1 saturated carbocycles. The fourth-order valence-corrected chi connectivity index (χ4v) is 4.56. The first kappa shape index (κ1) is 15.9. The van der Waals surface area contributed by atoms with Crippen molar-refractivity contribution in [1.29, 1.82) is 0 Å². The third kappa shape index (κ3) is 3.24. The third-order valence-corrected chi connectivity index (χ3v) is 6.48. The molecule has 0 spiro atoms. The topological polar surface area (TPSA) is 72.2 Å². The Balaban J connectivity index is 2.26. The summed E-state index contributed by atoms with van der Waals surface area (Å²) < 4.78 is 28.5. The van der Waals surface area contributed by atoms with Crippen molar-refractivity contribution < 1.29 is 8.42 Å². The van der Waals surface area contributed by atoms with Gasteiger partial charge in [-0.1, -0.05) is 29.3 Å². The first-order valence-corrected chi connectivity index (χ1v) is 9.04. The van der Waals surface area contributed by atoms with Crippen molar-refractivity contribution >= 4 is 26.0 Å². The van der Waals surface area contributed by atoms with Crippen molar-refractivity contribution in [1.82, 2.24) is 4.72 Å².